The molecular formula is C32H33FN6O3. The van der Waals surface area contributed by atoms with Crippen LogP contribution in [0.1, 0.15) is 43.1 Å². The molecule has 1 fully saturated rings. The van der Waals surface area contributed by atoms with Crippen molar-refractivity contribution in [3.63, 3.8) is 0 Å². The molecule has 6 rings (SSSR count). The van der Waals surface area contributed by atoms with Crippen molar-refractivity contribution in [2.24, 2.45) is 0 Å². The van der Waals surface area contributed by atoms with E-state index in [1.165, 1.54) is 12.1 Å². The van der Waals surface area contributed by atoms with E-state index in [0.29, 0.717) is 65.4 Å². The highest BCUT2D eigenvalue weighted by molar-refractivity contribution is 5.97. The molecule has 3 aromatic carbocycles. The Kier molecular flexibility index (Phi) is 7.47. The lowest BCUT2D eigenvalue weighted by atomic mass is 10.1. The third-order valence-corrected chi connectivity index (χ3v) is 7.50. The SMILES string of the molecule is CCCOc1ccc(C(=O)N2CC(C)NC(C)C2)cc1-c1nc2cc3ncn(Cc4ccc(F)cc4)c3cc2c(=O)[nH]1. The van der Waals surface area contributed by atoms with Crippen molar-refractivity contribution in [3.05, 3.63) is 88.2 Å². The minimum atomic E-state index is -0.311. The van der Waals surface area contributed by atoms with Crippen LogP contribution < -0.4 is 15.6 Å². The molecule has 9 nitrogen and oxygen atoms in total. The first-order valence-corrected chi connectivity index (χ1v) is 14.2. The molecule has 1 amide bonds. The molecule has 2 unspecified atom stereocenters. The van der Waals surface area contributed by atoms with E-state index in [1.807, 2.05) is 16.4 Å². The van der Waals surface area contributed by atoms with Crippen LogP contribution in [0.2, 0.25) is 0 Å². The highest BCUT2D eigenvalue weighted by Gasteiger charge is 2.26. The van der Waals surface area contributed by atoms with Gasteiger partial charge >= 0.3 is 0 Å². The molecule has 2 atom stereocenters. The van der Waals surface area contributed by atoms with Crippen LogP contribution in [0.4, 0.5) is 4.39 Å². The topological polar surface area (TPSA) is 105 Å². The summed E-state index contributed by atoms with van der Waals surface area (Å²) in [6.45, 7) is 8.33. The maximum Gasteiger partial charge on any atom is 0.259 e. The molecule has 0 aliphatic carbocycles. The number of benzene rings is 3. The van der Waals surface area contributed by atoms with E-state index < -0.39 is 0 Å². The lowest BCUT2D eigenvalue weighted by molar-refractivity contribution is 0.0674. The maximum atomic E-state index is 13.5. The van der Waals surface area contributed by atoms with Gasteiger partial charge in [-0.15, -0.1) is 0 Å². The second-order valence-corrected chi connectivity index (χ2v) is 11.0. The van der Waals surface area contributed by atoms with Crippen LogP contribution in [0.3, 0.4) is 0 Å². The van der Waals surface area contributed by atoms with Crippen LogP contribution in [0.15, 0.2) is 65.7 Å². The Labute approximate surface area is 242 Å². The Morgan fingerprint density at radius 2 is 1.81 bits per heavy atom. The number of H-pyrrole nitrogens is 1. The van der Waals surface area contributed by atoms with Crippen LogP contribution in [0.5, 0.6) is 5.75 Å². The van der Waals surface area contributed by atoms with E-state index in [-0.39, 0.29) is 29.4 Å². The molecule has 42 heavy (non-hydrogen) atoms. The number of hydrogen-bond acceptors (Lipinski definition) is 6. The molecule has 10 heteroatoms. The number of carbonyl (C=O) groups is 1. The molecular weight excluding hydrogens is 535 g/mol. The summed E-state index contributed by atoms with van der Waals surface area (Å²) in [7, 11) is 0. The fraction of sp³-hybridized carbons (Fsp3) is 0.312. The van der Waals surface area contributed by atoms with E-state index in [9.17, 15) is 14.0 Å². The van der Waals surface area contributed by atoms with Gasteiger partial charge in [0.15, 0.2) is 0 Å². The molecule has 1 aliphatic rings. The van der Waals surface area contributed by atoms with E-state index >= 15 is 0 Å². The number of nitrogens with one attached hydrogen (secondary N) is 2. The molecule has 0 spiro atoms. The monoisotopic (exact) mass is 568 g/mol. The van der Waals surface area contributed by atoms with Crippen LogP contribution in [-0.4, -0.2) is 62.1 Å². The van der Waals surface area contributed by atoms with E-state index in [1.54, 1.807) is 48.8 Å². The number of hydrogen-bond donors (Lipinski definition) is 2. The predicted octanol–water partition coefficient (Wildman–Crippen LogP) is 4.74. The quantitative estimate of drug-likeness (QED) is 0.294. The van der Waals surface area contributed by atoms with Crippen molar-refractivity contribution in [2.45, 2.75) is 45.8 Å². The van der Waals surface area contributed by atoms with E-state index in [2.05, 4.69) is 29.1 Å². The molecule has 216 valence electrons. The third-order valence-electron chi connectivity index (χ3n) is 7.50. The van der Waals surface area contributed by atoms with Crippen molar-refractivity contribution < 1.29 is 13.9 Å². The Morgan fingerprint density at radius 1 is 1.05 bits per heavy atom. The van der Waals surface area contributed by atoms with Gasteiger partial charge in [-0.3, -0.25) is 9.59 Å². The molecule has 0 radical (unpaired) electrons. The number of amides is 1. The van der Waals surface area contributed by atoms with Gasteiger partial charge in [-0.2, -0.15) is 0 Å². The van der Waals surface area contributed by atoms with Crippen molar-refractivity contribution in [1.82, 2.24) is 29.7 Å². The minimum absolute atomic E-state index is 0.0740. The van der Waals surface area contributed by atoms with Crippen LogP contribution in [0, 0.1) is 5.82 Å². The fourth-order valence-corrected chi connectivity index (χ4v) is 5.59. The molecule has 2 N–H and O–H groups in total. The van der Waals surface area contributed by atoms with E-state index in [4.69, 9.17) is 9.72 Å². The van der Waals surface area contributed by atoms with E-state index in [0.717, 1.165) is 17.5 Å². The van der Waals surface area contributed by atoms with Gasteiger partial charge in [-0.05, 0) is 68.3 Å². The third kappa shape index (κ3) is 5.49. The Morgan fingerprint density at radius 3 is 2.55 bits per heavy atom. The fourth-order valence-electron chi connectivity index (χ4n) is 5.59. The molecule has 5 aromatic rings. The van der Waals surface area contributed by atoms with Crippen molar-refractivity contribution >= 4 is 27.8 Å². The Hall–Kier alpha value is -4.57. The Balaban J connectivity index is 1.39. The molecule has 1 saturated heterocycles. The normalized spacial score (nSPS) is 17.2. The summed E-state index contributed by atoms with van der Waals surface area (Å²) in [5, 5.41) is 3.87. The van der Waals surface area contributed by atoms with Crippen molar-refractivity contribution in [3.8, 4) is 17.1 Å². The summed E-state index contributed by atoms with van der Waals surface area (Å²) in [5.74, 6) is 0.498. The number of halogens is 1. The highest BCUT2D eigenvalue weighted by Crippen LogP contribution is 2.31. The van der Waals surface area contributed by atoms with Crippen LogP contribution >= 0.6 is 0 Å². The van der Waals surface area contributed by atoms with Gasteiger partial charge < -0.3 is 24.5 Å². The predicted molar refractivity (Wildman–Crippen MR) is 160 cm³/mol. The summed E-state index contributed by atoms with van der Waals surface area (Å²) in [6, 6.07) is 15.5. The molecule has 2 aromatic heterocycles. The second kappa shape index (κ2) is 11.4. The summed E-state index contributed by atoms with van der Waals surface area (Å²) in [4.78, 5) is 41.0. The zero-order valence-electron chi connectivity index (χ0n) is 23.9. The number of aromatic amines is 1. The van der Waals surface area contributed by atoms with Gasteiger partial charge in [-0.1, -0.05) is 19.1 Å². The van der Waals surface area contributed by atoms with Crippen molar-refractivity contribution in [1.29, 1.82) is 0 Å². The molecule has 3 heterocycles. The number of aromatic nitrogens is 4. The summed E-state index contributed by atoms with van der Waals surface area (Å²) in [5.41, 5.74) is 3.59. The molecule has 1 aliphatic heterocycles. The zero-order valence-corrected chi connectivity index (χ0v) is 23.9. The number of piperazine rings is 1. The maximum absolute atomic E-state index is 13.5. The Bertz CT molecular complexity index is 1820. The largest absolute Gasteiger partial charge is 0.493 e. The number of carbonyl (C=O) groups excluding carboxylic acids is 1. The standard InChI is InChI=1S/C32H33FN6O3/c1-4-11-42-29-10-7-22(32(41)38-15-19(2)35-20(3)16-38)12-25(29)30-36-26-14-27-28(13-24(26)31(40)37-30)39(18-34-27)17-21-5-8-23(33)9-6-21/h5-10,12-14,18-20,35H,4,11,15-17H2,1-3H3,(H,36,37,40). The number of nitrogens with zero attached hydrogens (tertiary/aromatic N) is 4. The minimum Gasteiger partial charge on any atom is -0.493 e. The number of rotatable bonds is 7. The lowest BCUT2D eigenvalue weighted by Gasteiger charge is -2.36. The zero-order chi connectivity index (χ0) is 29.4. The average Bonchev–Trinajstić information content (AvgIpc) is 3.36. The smallest absolute Gasteiger partial charge is 0.259 e. The van der Waals surface area contributed by atoms with Gasteiger partial charge in [0, 0.05) is 37.3 Å². The van der Waals surface area contributed by atoms with Gasteiger partial charge in [0.1, 0.15) is 17.4 Å². The lowest BCUT2D eigenvalue weighted by Crippen LogP contribution is -2.55. The summed E-state index contributed by atoms with van der Waals surface area (Å²) >= 11 is 0. The summed E-state index contributed by atoms with van der Waals surface area (Å²) in [6.07, 6.45) is 2.50. The van der Waals surface area contributed by atoms with Gasteiger partial charge in [0.25, 0.3) is 11.5 Å². The first-order valence-electron chi connectivity index (χ1n) is 14.2. The number of ether oxygens (including phenoxy) is 1. The van der Waals surface area contributed by atoms with Gasteiger partial charge in [0.05, 0.1) is 40.4 Å². The van der Waals surface area contributed by atoms with Crippen molar-refractivity contribution in [2.75, 3.05) is 19.7 Å². The average molecular weight is 569 g/mol. The first-order chi connectivity index (χ1) is 20.3. The van der Waals surface area contributed by atoms with Crippen LogP contribution in [-0.2, 0) is 6.54 Å². The van der Waals surface area contributed by atoms with Crippen LogP contribution in [0.25, 0.3) is 33.3 Å². The first kappa shape index (κ1) is 27.6. The number of fused-ring (bicyclic) bond motifs is 2. The second-order valence-electron chi connectivity index (χ2n) is 11.0. The molecule has 0 bridgehead atoms. The highest BCUT2D eigenvalue weighted by atomic mass is 19.1. The molecule has 0 saturated carbocycles. The number of imidazole rings is 1. The summed E-state index contributed by atoms with van der Waals surface area (Å²) < 4.78 is 21.3. The van der Waals surface area contributed by atoms with Gasteiger partial charge in [-0.25, -0.2) is 14.4 Å². The van der Waals surface area contributed by atoms with Gasteiger partial charge in [0.2, 0.25) is 0 Å².